The highest BCUT2D eigenvalue weighted by molar-refractivity contribution is 5.42. The molecule has 0 bridgehead atoms. The van der Waals surface area contributed by atoms with Crippen LogP contribution in [-0.2, 0) is 0 Å². The van der Waals surface area contributed by atoms with Crippen LogP contribution in [0.2, 0.25) is 0 Å². The van der Waals surface area contributed by atoms with Gasteiger partial charge >= 0.3 is 0 Å². The Labute approximate surface area is 114 Å². The van der Waals surface area contributed by atoms with E-state index < -0.39 is 0 Å². The van der Waals surface area contributed by atoms with Crippen molar-refractivity contribution >= 4 is 0 Å². The van der Waals surface area contributed by atoms with Gasteiger partial charge in [-0.2, -0.15) is 0 Å². The second kappa shape index (κ2) is 6.23. The lowest BCUT2D eigenvalue weighted by molar-refractivity contribution is 0.114. The van der Waals surface area contributed by atoms with Gasteiger partial charge in [0.2, 0.25) is 0 Å². The van der Waals surface area contributed by atoms with Gasteiger partial charge < -0.3 is 20.5 Å². The molecule has 1 saturated heterocycles. The van der Waals surface area contributed by atoms with Crippen LogP contribution >= 0.6 is 0 Å². The summed E-state index contributed by atoms with van der Waals surface area (Å²) in [5, 5.41) is 9.66. The van der Waals surface area contributed by atoms with E-state index in [0.29, 0.717) is 12.3 Å². The number of hydrogen-bond acceptors (Lipinski definition) is 5. The van der Waals surface area contributed by atoms with Crippen LogP contribution in [-0.4, -0.2) is 61.8 Å². The van der Waals surface area contributed by atoms with Gasteiger partial charge in [-0.05, 0) is 24.7 Å². The number of piperazine rings is 1. The highest BCUT2D eigenvalue weighted by Gasteiger charge is 2.23. The van der Waals surface area contributed by atoms with Gasteiger partial charge in [0.05, 0.1) is 7.11 Å². The maximum absolute atomic E-state index is 9.66. The van der Waals surface area contributed by atoms with E-state index in [1.807, 2.05) is 12.1 Å². The summed E-state index contributed by atoms with van der Waals surface area (Å²) in [7, 11) is 3.70. The van der Waals surface area contributed by atoms with Gasteiger partial charge in [-0.25, -0.2) is 0 Å². The third-order valence-corrected chi connectivity index (χ3v) is 3.79. The molecule has 0 amide bonds. The highest BCUT2D eigenvalue weighted by Crippen LogP contribution is 2.31. The first kappa shape index (κ1) is 14.1. The minimum Gasteiger partial charge on any atom is -0.504 e. The number of rotatable bonds is 4. The standard InChI is InChI=1S/C14H23N3O2/c1-16-5-7-17(8-6-16)12(10-15)11-3-4-13(18)14(9-11)19-2/h3-4,9,12,18H,5-8,10,15H2,1-2H3. The molecule has 3 N–H and O–H groups in total. The molecule has 0 spiro atoms. The number of aromatic hydroxyl groups is 1. The van der Waals surface area contributed by atoms with Crippen LogP contribution in [0.25, 0.3) is 0 Å². The number of ether oxygens (including phenoxy) is 1. The Bertz CT molecular complexity index is 417. The van der Waals surface area contributed by atoms with Crippen molar-refractivity contribution in [2.75, 3.05) is 46.9 Å². The van der Waals surface area contributed by atoms with E-state index in [2.05, 4.69) is 16.8 Å². The van der Waals surface area contributed by atoms with E-state index in [4.69, 9.17) is 10.5 Å². The average molecular weight is 265 g/mol. The maximum Gasteiger partial charge on any atom is 0.160 e. The summed E-state index contributed by atoms with van der Waals surface area (Å²) in [4.78, 5) is 4.72. The van der Waals surface area contributed by atoms with E-state index in [9.17, 15) is 5.11 Å². The Kier molecular flexibility index (Phi) is 4.63. The smallest absolute Gasteiger partial charge is 0.160 e. The summed E-state index contributed by atoms with van der Waals surface area (Å²) in [6.45, 7) is 4.72. The van der Waals surface area contributed by atoms with E-state index >= 15 is 0 Å². The minimum absolute atomic E-state index is 0.167. The van der Waals surface area contributed by atoms with Gasteiger partial charge in [-0.3, -0.25) is 4.90 Å². The SMILES string of the molecule is COc1cc(C(CN)N2CCN(C)CC2)ccc1O. The molecule has 1 aromatic carbocycles. The maximum atomic E-state index is 9.66. The highest BCUT2D eigenvalue weighted by atomic mass is 16.5. The number of benzene rings is 1. The summed E-state index contributed by atoms with van der Waals surface area (Å²) in [5.41, 5.74) is 7.04. The minimum atomic E-state index is 0.167. The molecule has 0 radical (unpaired) electrons. The van der Waals surface area contributed by atoms with E-state index in [-0.39, 0.29) is 11.8 Å². The zero-order chi connectivity index (χ0) is 13.8. The number of phenols is 1. The number of phenolic OH excluding ortho intramolecular Hbond substituents is 1. The normalized spacial score (nSPS) is 19.3. The fourth-order valence-corrected chi connectivity index (χ4v) is 2.53. The lowest BCUT2D eigenvalue weighted by Gasteiger charge is -2.37. The molecule has 5 heteroatoms. The topological polar surface area (TPSA) is 62.0 Å². The first-order chi connectivity index (χ1) is 9.15. The van der Waals surface area contributed by atoms with Crippen molar-refractivity contribution < 1.29 is 9.84 Å². The van der Waals surface area contributed by atoms with Crippen molar-refractivity contribution in [3.05, 3.63) is 23.8 Å². The van der Waals surface area contributed by atoms with Gasteiger partial charge in [0.15, 0.2) is 11.5 Å². The number of nitrogens with two attached hydrogens (primary N) is 1. The Morgan fingerprint density at radius 2 is 2.00 bits per heavy atom. The molecule has 0 aliphatic carbocycles. The Morgan fingerprint density at radius 3 is 2.58 bits per heavy atom. The lowest BCUT2D eigenvalue weighted by Crippen LogP contribution is -2.47. The second-order valence-corrected chi connectivity index (χ2v) is 5.02. The third-order valence-electron chi connectivity index (χ3n) is 3.79. The molecule has 1 unspecified atom stereocenters. The second-order valence-electron chi connectivity index (χ2n) is 5.02. The zero-order valence-corrected chi connectivity index (χ0v) is 11.7. The van der Waals surface area contributed by atoms with Crippen molar-refractivity contribution in [3.63, 3.8) is 0 Å². The third kappa shape index (κ3) is 3.18. The van der Waals surface area contributed by atoms with Crippen LogP contribution in [0.4, 0.5) is 0 Å². The van der Waals surface area contributed by atoms with Crippen LogP contribution in [0.3, 0.4) is 0 Å². The predicted octanol–water partition coefficient (Wildman–Crippen LogP) is 0.648. The quantitative estimate of drug-likeness (QED) is 0.837. The van der Waals surface area contributed by atoms with Crippen LogP contribution in [0.15, 0.2) is 18.2 Å². The number of nitrogens with zero attached hydrogens (tertiary/aromatic N) is 2. The number of methoxy groups -OCH3 is 1. The van der Waals surface area contributed by atoms with Crippen molar-refractivity contribution in [2.45, 2.75) is 6.04 Å². The molecule has 1 aliphatic heterocycles. The molecule has 106 valence electrons. The predicted molar refractivity (Wildman–Crippen MR) is 75.5 cm³/mol. The molecular formula is C14H23N3O2. The zero-order valence-electron chi connectivity index (χ0n) is 11.7. The van der Waals surface area contributed by atoms with Gasteiger partial charge in [0.25, 0.3) is 0 Å². The molecule has 1 fully saturated rings. The molecule has 1 aromatic rings. The lowest BCUT2D eigenvalue weighted by atomic mass is 10.0. The molecular weight excluding hydrogens is 242 g/mol. The Morgan fingerprint density at radius 1 is 1.32 bits per heavy atom. The van der Waals surface area contributed by atoms with Gasteiger partial charge in [-0.1, -0.05) is 6.07 Å². The summed E-state index contributed by atoms with van der Waals surface area (Å²) in [5.74, 6) is 0.672. The molecule has 1 heterocycles. The summed E-state index contributed by atoms with van der Waals surface area (Å²) >= 11 is 0. The van der Waals surface area contributed by atoms with E-state index in [0.717, 1.165) is 31.7 Å². The molecule has 5 nitrogen and oxygen atoms in total. The van der Waals surface area contributed by atoms with Crippen molar-refractivity contribution in [1.29, 1.82) is 0 Å². The van der Waals surface area contributed by atoms with Gasteiger partial charge in [-0.15, -0.1) is 0 Å². The summed E-state index contributed by atoms with van der Waals surface area (Å²) in [6.07, 6.45) is 0. The van der Waals surface area contributed by atoms with Gasteiger partial charge in [0, 0.05) is 38.8 Å². The van der Waals surface area contributed by atoms with E-state index in [1.165, 1.54) is 0 Å². The van der Waals surface area contributed by atoms with E-state index in [1.54, 1.807) is 13.2 Å². The number of likely N-dealkylation sites (N-methyl/N-ethyl adjacent to an activating group) is 1. The Balaban J connectivity index is 2.17. The fraction of sp³-hybridized carbons (Fsp3) is 0.571. The van der Waals surface area contributed by atoms with Crippen molar-refractivity contribution in [3.8, 4) is 11.5 Å². The van der Waals surface area contributed by atoms with Gasteiger partial charge in [0.1, 0.15) is 0 Å². The summed E-state index contributed by atoms with van der Waals surface area (Å²) < 4.78 is 5.17. The van der Waals surface area contributed by atoms with Crippen LogP contribution in [0, 0.1) is 0 Å². The average Bonchev–Trinajstić information content (AvgIpc) is 2.43. The molecule has 0 aromatic heterocycles. The molecule has 19 heavy (non-hydrogen) atoms. The fourth-order valence-electron chi connectivity index (χ4n) is 2.53. The largest absolute Gasteiger partial charge is 0.504 e. The molecule has 0 saturated carbocycles. The first-order valence-electron chi connectivity index (χ1n) is 6.65. The van der Waals surface area contributed by atoms with Crippen molar-refractivity contribution in [1.82, 2.24) is 9.80 Å². The Hall–Kier alpha value is -1.30. The van der Waals surface area contributed by atoms with Crippen LogP contribution < -0.4 is 10.5 Å². The molecule has 1 aliphatic rings. The molecule has 2 rings (SSSR count). The van der Waals surface area contributed by atoms with Crippen LogP contribution in [0.5, 0.6) is 11.5 Å². The van der Waals surface area contributed by atoms with Crippen molar-refractivity contribution in [2.24, 2.45) is 5.73 Å². The first-order valence-corrected chi connectivity index (χ1v) is 6.65. The summed E-state index contributed by atoms with van der Waals surface area (Å²) in [6, 6.07) is 5.66. The van der Waals surface area contributed by atoms with Crippen LogP contribution in [0.1, 0.15) is 11.6 Å². The monoisotopic (exact) mass is 265 g/mol. The number of hydrogen-bond donors (Lipinski definition) is 2. The molecule has 1 atom stereocenters.